The van der Waals surface area contributed by atoms with E-state index in [-0.39, 0.29) is 6.03 Å². The molecule has 0 atom stereocenters. The molecule has 4 aliphatic rings. The van der Waals surface area contributed by atoms with E-state index >= 15 is 0 Å². The van der Waals surface area contributed by atoms with Crippen molar-refractivity contribution < 1.29 is 4.79 Å². The third kappa shape index (κ3) is 1.73. The van der Waals surface area contributed by atoms with Crippen LogP contribution in [0.15, 0.2) is 0 Å². The Morgan fingerprint density at radius 3 is 1.88 bits per heavy atom. The molecule has 4 aliphatic carbocycles. The summed E-state index contributed by atoms with van der Waals surface area (Å²) in [6.45, 7) is 0. The van der Waals surface area contributed by atoms with E-state index in [0.29, 0.717) is 17.9 Å². The first-order chi connectivity index (χ1) is 8.06. The van der Waals surface area contributed by atoms with Crippen molar-refractivity contribution in [3.63, 3.8) is 0 Å². The van der Waals surface area contributed by atoms with Crippen LogP contribution in [0.25, 0.3) is 0 Å². The molecule has 4 bridgehead atoms. The average Bonchev–Trinajstić information content (AvgIpc) is 2.26. The van der Waals surface area contributed by atoms with Gasteiger partial charge in [-0.25, -0.2) is 10.6 Å². The molecule has 4 heteroatoms. The average molecular weight is 237 g/mol. The molecule has 96 valence electrons. The maximum Gasteiger partial charge on any atom is 0.333 e. The highest BCUT2D eigenvalue weighted by Crippen LogP contribution is 2.54. The number of nitrogens with two attached hydrogens (primary N) is 1. The van der Waals surface area contributed by atoms with E-state index in [2.05, 4.69) is 0 Å². The fourth-order valence-corrected chi connectivity index (χ4v) is 4.71. The summed E-state index contributed by atoms with van der Waals surface area (Å²) < 4.78 is 0. The van der Waals surface area contributed by atoms with Crippen molar-refractivity contribution in [2.45, 2.75) is 38.1 Å². The van der Waals surface area contributed by atoms with Crippen LogP contribution < -0.4 is 5.84 Å². The van der Waals surface area contributed by atoms with Crippen molar-refractivity contribution in [2.75, 3.05) is 14.1 Å². The van der Waals surface area contributed by atoms with E-state index in [1.54, 1.807) is 19.0 Å². The first-order valence-electron chi connectivity index (χ1n) is 6.81. The Kier molecular flexibility index (Phi) is 2.58. The molecule has 4 fully saturated rings. The molecular formula is C13H23N3O. The molecule has 4 nitrogen and oxygen atoms in total. The van der Waals surface area contributed by atoms with Crippen LogP contribution in [0.1, 0.15) is 32.1 Å². The van der Waals surface area contributed by atoms with Gasteiger partial charge in [-0.1, -0.05) is 0 Å². The summed E-state index contributed by atoms with van der Waals surface area (Å²) in [4.78, 5) is 13.6. The SMILES string of the molecule is CN(C)C(=O)N(N)C1C2CC3CC(C2)CC1C3. The number of hydrogen-bond acceptors (Lipinski definition) is 2. The Hall–Kier alpha value is -0.770. The van der Waals surface area contributed by atoms with Crippen molar-refractivity contribution in [3.8, 4) is 0 Å². The van der Waals surface area contributed by atoms with Gasteiger partial charge in [0.15, 0.2) is 0 Å². The van der Waals surface area contributed by atoms with E-state index in [1.807, 2.05) is 0 Å². The van der Waals surface area contributed by atoms with Crippen molar-refractivity contribution in [2.24, 2.45) is 29.5 Å². The van der Waals surface area contributed by atoms with Gasteiger partial charge < -0.3 is 4.90 Å². The van der Waals surface area contributed by atoms with Crippen LogP contribution in [0.2, 0.25) is 0 Å². The highest BCUT2D eigenvalue weighted by molar-refractivity contribution is 5.73. The molecule has 0 aromatic carbocycles. The molecule has 0 unspecified atom stereocenters. The Morgan fingerprint density at radius 2 is 1.47 bits per heavy atom. The minimum Gasteiger partial charge on any atom is -0.330 e. The summed E-state index contributed by atoms with van der Waals surface area (Å²) in [5.74, 6) is 9.27. The Labute approximate surface area is 103 Å². The van der Waals surface area contributed by atoms with Crippen molar-refractivity contribution in [3.05, 3.63) is 0 Å². The fourth-order valence-electron chi connectivity index (χ4n) is 4.71. The van der Waals surface area contributed by atoms with E-state index in [0.717, 1.165) is 11.8 Å². The van der Waals surface area contributed by atoms with Gasteiger partial charge in [-0.15, -0.1) is 0 Å². The smallest absolute Gasteiger partial charge is 0.330 e. The van der Waals surface area contributed by atoms with Gasteiger partial charge in [0, 0.05) is 14.1 Å². The summed E-state index contributed by atoms with van der Waals surface area (Å²) in [5, 5.41) is 1.53. The van der Waals surface area contributed by atoms with Crippen LogP contribution in [0, 0.1) is 23.7 Å². The molecule has 4 saturated carbocycles. The highest BCUT2D eigenvalue weighted by atomic mass is 16.2. The number of amides is 2. The maximum absolute atomic E-state index is 12.0. The molecule has 0 heterocycles. The van der Waals surface area contributed by atoms with E-state index in [4.69, 9.17) is 5.84 Å². The van der Waals surface area contributed by atoms with Crippen LogP contribution >= 0.6 is 0 Å². The second-order valence-electron chi connectivity index (χ2n) is 6.51. The van der Waals surface area contributed by atoms with Gasteiger partial charge in [0.2, 0.25) is 0 Å². The quantitative estimate of drug-likeness (QED) is 0.428. The summed E-state index contributed by atoms with van der Waals surface area (Å²) in [7, 11) is 3.55. The van der Waals surface area contributed by atoms with Crippen LogP contribution in [0.3, 0.4) is 0 Å². The minimum absolute atomic E-state index is 0.0394. The lowest BCUT2D eigenvalue weighted by Gasteiger charge is -2.56. The lowest BCUT2D eigenvalue weighted by molar-refractivity contribution is -0.0544. The molecule has 2 N–H and O–H groups in total. The number of carbonyl (C=O) groups excluding carboxylic acids is 1. The zero-order valence-electron chi connectivity index (χ0n) is 10.8. The largest absolute Gasteiger partial charge is 0.333 e. The predicted octanol–water partition coefficient (Wildman–Crippen LogP) is 1.67. The van der Waals surface area contributed by atoms with E-state index in [9.17, 15) is 4.79 Å². The van der Waals surface area contributed by atoms with Crippen molar-refractivity contribution in [1.29, 1.82) is 0 Å². The monoisotopic (exact) mass is 237 g/mol. The molecular weight excluding hydrogens is 214 g/mol. The first-order valence-corrected chi connectivity index (χ1v) is 6.81. The standard InChI is InChI=1S/C13H23N3O/c1-15(2)13(17)16(14)12-10-4-8-3-9(6-10)7-11(12)5-8/h8-12H,3-7,14H2,1-2H3. The number of nitrogens with zero attached hydrogens (tertiary/aromatic N) is 2. The lowest BCUT2D eigenvalue weighted by atomic mass is 9.54. The normalized spacial score (nSPS) is 42.6. The third-order valence-electron chi connectivity index (χ3n) is 5.10. The summed E-state index contributed by atoms with van der Waals surface area (Å²) in [5.41, 5.74) is 0. The number of hydrogen-bond donors (Lipinski definition) is 1. The third-order valence-corrected chi connectivity index (χ3v) is 5.10. The lowest BCUT2D eigenvalue weighted by Crippen LogP contribution is -2.61. The van der Waals surface area contributed by atoms with Crippen LogP contribution in [0.5, 0.6) is 0 Å². The van der Waals surface area contributed by atoms with E-state index < -0.39 is 0 Å². The molecule has 0 aromatic rings. The molecule has 4 rings (SSSR count). The molecule has 0 aliphatic heterocycles. The fraction of sp³-hybridized carbons (Fsp3) is 0.923. The topological polar surface area (TPSA) is 49.6 Å². The number of carbonyl (C=O) groups is 1. The van der Waals surface area contributed by atoms with Crippen molar-refractivity contribution in [1.82, 2.24) is 9.91 Å². The second kappa shape index (κ2) is 3.87. The molecule has 0 spiro atoms. The second-order valence-corrected chi connectivity index (χ2v) is 6.51. The summed E-state index contributed by atoms with van der Waals surface area (Å²) in [6.07, 6.45) is 6.63. The van der Waals surface area contributed by atoms with Gasteiger partial charge in [-0.3, -0.25) is 5.01 Å². The predicted molar refractivity (Wildman–Crippen MR) is 65.9 cm³/mol. The molecule has 17 heavy (non-hydrogen) atoms. The van der Waals surface area contributed by atoms with Gasteiger partial charge in [0.05, 0.1) is 6.04 Å². The van der Waals surface area contributed by atoms with E-state index in [1.165, 1.54) is 37.1 Å². The summed E-state index contributed by atoms with van der Waals surface area (Å²) >= 11 is 0. The number of hydrazine groups is 1. The molecule has 0 saturated heterocycles. The Bertz CT molecular complexity index is 301. The Morgan fingerprint density at radius 1 is 1.00 bits per heavy atom. The first kappa shape index (κ1) is 11.3. The van der Waals surface area contributed by atoms with Gasteiger partial charge in [0.1, 0.15) is 0 Å². The van der Waals surface area contributed by atoms with Gasteiger partial charge in [-0.05, 0) is 55.8 Å². The van der Waals surface area contributed by atoms with Crippen LogP contribution in [-0.4, -0.2) is 36.1 Å². The zero-order valence-corrected chi connectivity index (χ0v) is 10.8. The number of rotatable bonds is 1. The Balaban J connectivity index is 1.77. The molecule has 0 radical (unpaired) electrons. The highest BCUT2D eigenvalue weighted by Gasteiger charge is 2.50. The van der Waals surface area contributed by atoms with Gasteiger partial charge in [-0.2, -0.15) is 0 Å². The number of urea groups is 1. The molecule has 0 aromatic heterocycles. The van der Waals surface area contributed by atoms with Crippen molar-refractivity contribution >= 4 is 6.03 Å². The molecule has 2 amide bonds. The van der Waals surface area contributed by atoms with Crippen LogP contribution in [-0.2, 0) is 0 Å². The van der Waals surface area contributed by atoms with Crippen LogP contribution in [0.4, 0.5) is 4.79 Å². The maximum atomic E-state index is 12.0. The van der Waals surface area contributed by atoms with Gasteiger partial charge >= 0.3 is 6.03 Å². The van der Waals surface area contributed by atoms with Gasteiger partial charge in [0.25, 0.3) is 0 Å². The summed E-state index contributed by atoms with van der Waals surface area (Å²) in [6, 6.07) is 0.264. The zero-order chi connectivity index (χ0) is 12.2. The minimum atomic E-state index is -0.0394.